The maximum atomic E-state index is 12.6. The van der Waals surface area contributed by atoms with Crippen molar-refractivity contribution < 1.29 is 9.53 Å². The highest BCUT2D eigenvalue weighted by Gasteiger charge is 2.31. The molecule has 1 aliphatic heterocycles. The van der Waals surface area contributed by atoms with Crippen molar-refractivity contribution in [2.45, 2.75) is 45.7 Å². The number of likely N-dealkylation sites (tertiary alicyclic amines) is 1. The molecule has 1 heterocycles. The van der Waals surface area contributed by atoms with Crippen molar-refractivity contribution in [1.29, 1.82) is 0 Å². The Morgan fingerprint density at radius 1 is 1.30 bits per heavy atom. The average molecular weight is 275 g/mol. The minimum absolute atomic E-state index is 0.0545. The van der Waals surface area contributed by atoms with Gasteiger partial charge in [-0.05, 0) is 63.4 Å². The van der Waals surface area contributed by atoms with E-state index in [1.54, 1.807) is 7.11 Å². The molecule has 3 unspecified atom stereocenters. The predicted molar refractivity (Wildman–Crippen MR) is 81.4 cm³/mol. The van der Waals surface area contributed by atoms with E-state index in [-0.39, 0.29) is 11.8 Å². The number of hydrogen-bond donors (Lipinski definition) is 0. The van der Waals surface area contributed by atoms with Crippen molar-refractivity contribution in [2.75, 3.05) is 13.7 Å². The Balaban J connectivity index is 2.10. The molecule has 2 rings (SSSR count). The molecule has 1 aromatic rings. The lowest BCUT2D eigenvalue weighted by Crippen LogP contribution is -2.50. The van der Waals surface area contributed by atoms with Crippen molar-refractivity contribution in [3.63, 3.8) is 0 Å². The second kappa shape index (κ2) is 6.40. The largest absolute Gasteiger partial charge is 0.497 e. The Morgan fingerprint density at radius 2 is 1.95 bits per heavy atom. The molecule has 3 nitrogen and oxygen atoms in total. The molecule has 1 aliphatic rings. The minimum atomic E-state index is -0.0545. The topological polar surface area (TPSA) is 29.5 Å². The molecule has 0 aliphatic carbocycles. The van der Waals surface area contributed by atoms with Crippen LogP contribution in [0.5, 0.6) is 5.75 Å². The van der Waals surface area contributed by atoms with Crippen LogP contribution in [0.2, 0.25) is 0 Å². The number of ketones is 1. The van der Waals surface area contributed by atoms with Gasteiger partial charge in [-0.2, -0.15) is 0 Å². The molecule has 0 radical (unpaired) electrons. The Kier molecular flexibility index (Phi) is 4.81. The Morgan fingerprint density at radius 3 is 2.55 bits per heavy atom. The first-order chi connectivity index (χ1) is 9.54. The maximum Gasteiger partial charge on any atom is 0.179 e. The van der Waals surface area contributed by atoms with Crippen LogP contribution in [0, 0.1) is 5.92 Å². The molecule has 0 saturated carbocycles. The van der Waals surface area contributed by atoms with Gasteiger partial charge in [-0.25, -0.2) is 0 Å². The first-order valence-electron chi connectivity index (χ1n) is 7.48. The normalized spacial score (nSPS) is 25.2. The molecule has 0 amide bonds. The van der Waals surface area contributed by atoms with Crippen LogP contribution in [-0.2, 0) is 0 Å². The summed E-state index contributed by atoms with van der Waals surface area (Å²) in [6, 6.07) is 7.83. The number of rotatable bonds is 4. The molecule has 0 N–H and O–H groups in total. The zero-order valence-corrected chi connectivity index (χ0v) is 12.9. The molecule has 0 aromatic heterocycles. The number of benzene rings is 1. The number of carbonyl (C=O) groups excluding carboxylic acids is 1. The van der Waals surface area contributed by atoms with Crippen LogP contribution in [0.1, 0.15) is 44.0 Å². The fourth-order valence-electron chi connectivity index (χ4n) is 3.06. The van der Waals surface area contributed by atoms with Crippen LogP contribution >= 0.6 is 0 Å². The lowest BCUT2D eigenvalue weighted by Gasteiger charge is -2.41. The van der Waals surface area contributed by atoms with Gasteiger partial charge in [0.25, 0.3) is 0 Å². The number of ether oxygens (including phenoxy) is 1. The molecular weight excluding hydrogens is 250 g/mol. The van der Waals surface area contributed by atoms with E-state index in [1.807, 2.05) is 31.2 Å². The molecule has 3 atom stereocenters. The first-order valence-corrected chi connectivity index (χ1v) is 7.48. The van der Waals surface area contributed by atoms with Crippen LogP contribution in [0.25, 0.3) is 0 Å². The van der Waals surface area contributed by atoms with Crippen LogP contribution < -0.4 is 4.74 Å². The van der Waals surface area contributed by atoms with E-state index >= 15 is 0 Å². The van der Waals surface area contributed by atoms with Crippen molar-refractivity contribution in [3.05, 3.63) is 29.8 Å². The van der Waals surface area contributed by atoms with Crippen LogP contribution in [-0.4, -0.2) is 36.4 Å². The van der Waals surface area contributed by atoms with E-state index in [0.717, 1.165) is 17.9 Å². The van der Waals surface area contributed by atoms with Crippen LogP contribution in [0.4, 0.5) is 0 Å². The van der Waals surface area contributed by atoms with Gasteiger partial charge >= 0.3 is 0 Å². The summed E-state index contributed by atoms with van der Waals surface area (Å²) in [5, 5.41) is 0. The standard InChI is InChI=1S/C17H25NO2/c1-12-6-5-11-18(13(12)2)14(3)17(19)15-7-9-16(20-4)10-8-15/h7-10,12-14H,5-6,11H2,1-4H3. The SMILES string of the molecule is COc1ccc(C(=O)C(C)N2CCCC(C)C2C)cc1. The van der Waals surface area contributed by atoms with E-state index in [9.17, 15) is 4.79 Å². The zero-order chi connectivity index (χ0) is 14.7. The van der Waals surface area contributed by atoms with Crippen molar-refractivity contribution in [2.24, 2.45) is 5.92 Å². The Labute approximate surface area is 121 Å². The molecule has 0 spiro atoms. The third-order valence-corrected chi connectivity index (χ3v) is 4.67. The van der Waals surface area contributed by atoms with Gasteiger partial charge in [0.15, 0.2) is 5.78 Å². The van der Waals surface area contributed by atoms with Gasteiger partial charge < -0.3 is 4.74 Å². The van der Waals surface area contributed by atoms with E-state index in [4.69, 9.17) is 4.74 Å². The van der Waals surface area contributed by atoms with Gasteiger partial charge in [-0.3, -0.25) is 9.69 Å². The Bertz CT molecular complexity index is 455. The van der Waals surface area contributed by atoms with Gasteiger partial charge in [0.1, 0.15) is 5.75 Å². The summed E-state index contributed by atoms with van der Waals surface area (Å²) in [5.74, 6) is 1.65. The fraction of sp³-hybridized carbons (Fsp3) is 0.588. The molecule has 1 aromatic carbocycles. The predicted octanol–water partition coefficient (Wildman–Crippen LogP) is 3.39. The molecule has 110 valence electrons. The van der Waals surface area contributed by atoms with Gasteiger partial charge in [0.05, 0.1) is 13.2 Å². The fourth-order valence-corrected chi connectivity index (χ4v) is 3.06. The van der Waals surface area contributed by atoms with E-state index in [1.165, 1.54) is 12.8 Å². The molecule has 0 bridgehead atoms. The summed E-state index contributed by atoms with van der Waals surface area (Å²) in [7, 11) is 1.64. The minimum Gasteiger partial charge on any atom is -0.497 e. The number of piperidine rings is 1. The lowest BCUT2D eigenvalue weighted by molar-refractivity contribution is 0.0569. The highest BCUT2D eigenvalue weighted by atomic mass is 16.5. The number of methoxy groups -OCH3 is 1. The summed E-state index contributed by atoms with van der Waals surface area (Å²) in [5.41, 5.74) is 0.767. The maximum absolute atomic E-state index is 12.6. The first kappa shape index (κ1) is 15.0. The summed E-state index contributed by atoms with van der Waals surface area (Å²) < 4.78 is 5.14. The monoisotopic (exact) mass is 275 g/mol. The number of nitrogens with zero attached hydrogens (tertiary/aromatic N) is 1. The second-order valence-corrected chi connectivity index (χ2v) is 5.87. The Hall–Kier alpha value is -1.35. The van der Waals surface area contributed by atoms with Crippen LogP contribution in [0.3, 0.4) is 0 Å². The van der Waals surface area contributed by atoms with Gasteiger partial charge in [0, 0.05) is 11.6 Å². The summed E-state index contributed by atoms with van der Waals surface area (Å²) >= 11 is 0. The highest BCUT2D eigenvalue weighted by Crippen LogP contribution is 2.26. The molecule has 1 saturated heterocycles. The summed E-state index contributed by atoms with van der Waals surface area (Å²) in [6.45, 7) is 7.57. The molecule has 20 heavy (non-hydrogen) atoms. The smallest absolute Gasteiger partial charge is 0.179 e. The molecule has 1 fully saturated rings. The van der Waals surface area contributed by atoms with E-state index in [2.05, 4.69) is 18.7 Å². The summed E-state index contributed by atoms with van der Waals surface area (Å²) in [6.07, 6.45) is 2.45. The molecular formula is C17H25NO2. The number of Topliss-reactive ketones (excluding diaryl/α,β-unsaturated/α-hetero) is 1. The quantitative estimate of drug-likeness (QED) is 0.789. The van der Waals surface area contributed by atoms with Gasteiger partial charge in [-0.1, -0.05) is 6.92 Å². The lowest BCUT2D eigenvalue weighted by atomic mass is 9.89. The highest BCUT2D eigenvalue weighted by molar-refractivity contribution is 6.00. The van der Waals surface area contributed by atoms with E-state index in [0.29, 0.717) is 12.0 Å². The van der Waals surface area contributed by atoms with Crippen molar-refractivity contribution in [3.8, 4) is 5.75 Å². The number of hydrogen-bond acceptors (Lipinski definition) is 3. The summed E-state index contributed by atoms with van der Waals surface area (Å²) in [4.78, 5) is 15.0. The van der Waals surface area contributed by atoms with Crippen LogP contribution in [0.15, 0.2) is 24.3 Å². The third kappa shape index (κ3) is 3.04. The molecule has 3 heteroatoms. The number of carbonyl (C=O) groups is 1. The second-order valence-electron chi connectivity index (χ2n) is 5.87. The van der Waals surface area contributed by atoms with Crippen molar-refractivity contribution >= 4 is 5.78 Å². The van der Waals surface area contributed by atoms with E-state index < -0.39 is 0 Å². The zero-order valence-electron chi connectivity index (χ0n) is 12.9. The van der Waals surface area contributed by atoms with Gasteiger partial charge in [0.2, 0.25) is 0 Å². The van der Waals surface area contributed by atoms with Crippen molar-refractivity contribution in [1.82, 2.24) is 4.90 Å². The third-order valence-electron chi connectivity index (χ3n) is 4.67. The van der Waals surface area contributed by atoms with Gasteiger partial charge in [-0.15, -0.1) is 0 Å². The average Bonchev–Trinajstić information content (AvgIpc) is 2.48.